The van der Waals surface area contributed by atoms with Gasteiger partial charge in [0, 0.05) is 16.8 Å². The summed E-state index contributed by atoms with van der Waals surface area (Å²) in [7, 11) is 0. The van der Waals surface area contributed by atoms with Crippen LogP contribution in [0.5, 0.6) is 5.75 Å². The van der Waals surface area contributed by atoms with E-state index in [-0.39, 0.29) is 18.1 Å². The SMILES string of the molecule is Oc1c(Br)cc(Cl)cc1CN=Nc1ccc(C(F)(F)F)cn1. The van der Waals surface area contributed by atoms with Gasteiger partial charge in [-0.05, 0) is 40.2 Å². The quantitative estimate of drug-likeness (QED) is 0.698. The number of halogens is 5. The predicted octanol–water partition coefficient (Wildman–Crippen LogP) is 5.51. The molecule has 2 aromatic rings. The summed E-state index contributed by atoms with van der Waals surface area (Å²) < 4.78 is 37.5. The standard InChI is InChI=1S/C13H8BrClF3N3O/c14-10-4-9(15)3-7(12(10)22)5-20-21-11-2-1-8(6-19-11)13(16,17)18/h1-4,6,22H,5H2. The number of nitrogens with zero attached hydrogens (tertiary/aromatic N) is 3. The number of rotatable bonds is 3. The normalized spacial score (nSPS) is 12.0. The Morgan fingerprint density at radius 2 is 2.00 bits per heavy atom. The van der Waals surface area contributed by atoms with Gasteiger partial charge in [0.05, 0.1) is 16.6 Å². The molecule has 9 heteroatoms. The van der Waals surface area contributed by atoms with Crippen LogP contribution in [0.2, 0.25) is 5.02 Å². The Bertz CT molecular complexity index is 705. The Morgan fingerprint density at radius 1 is 1.27 bits per heavy atom. The minimum Gasteiger partial charge on any atom is -0.506 e. The van der Waals surface area contributed by atoms with Crippen LogP contribution < -0.4 is 0 Å². The zero-order chi connectivity index (χ0) is 16.3. The van der Waals surface area contributed by atoms with Gasteiger partial charge in [-0.25, -0.2) is 4.98 Å². The Morgan fingerprint density at radius 3 is 2.59 bits per heavy atom. The van der Waals surface area contributed by atoms with Gasteiger partial charge >= 0.3 is 6.18 Å². The van der Waals surface area contributed by atoms with Crippen LogP contribution in [-0.4, -0.2) is 10.1 Å². The van der Waals surface area contributed by atoms with Crippen LogP contribution in [0.1, 0.15) is 11.1 Å². The van der Waals surface area contributed by atoms with Crippen molar-refractivity contribution in [2.75, 3.05) is 0 Å². The summed E-state index contributed by atoms with van der Waals surface area (Å²) in [5, 5.41) is 17.7. The number of phenols is 1. The molecule has 1 aromatic heterocycles. The molecule has 0 aliphatic carbocycles. The van der Waals surface area contributed by atoms with Gasteiger partial charge in [-0.3, -0.25) is 0 Å². The lowest BCUT2D eigenvalue weighted by molar-refractivity contribution is -0.137. The molecule has 0 unspecified atom stereocenters. The number of pyridine rings is 1. The fourth-order valence-corrected chi connectivity index (χ4v) is 2.41. The molecule has 0 bridgehead atoms. The van der Waals surface area contributed by atoms with Crippen LogP contribution in [0, 0.1) is 0 Å². The first-order chi connectivity index (χ1) is 10.3. The van der Waals surface area contributed by atoms with Gasteiger partial charge in [0.2, 0.25) is 0 Å². The zero-order valence-electron chi connectivity index (χ0n) is 10.8. The maximum atomic E-state index is 12.4. The van der Waals surface area contributed by atoms with Gasteiger partial charge in [0.1, 0.15) is 5.75 Å². The number of aromatic nitrogens is 1. The highest BCUT2D eigenvalue weighted by atomic mass is 79.9. The van der Waals surface area contributed by atoms with E-state index in [4.69, 9.17) is 11.6 Å². The summed E-state index contributed by atoms with van der Waals surface area (Å²) in [6, 6.07) is 5.02. The molecule has 4 nitrogen and oxygen atoms in total. The minimum absolute atomic E-state index is 0.00763. The summed E-state index contributed by atoms with van der Waals surface area (Å²) in [4.78, 5) is 3.56. The van der Waals surface area contributed by atoms with Gasteiger partial charge in [0.15, 0.2) is 5.82 Å². The number of benzene rings is 1. The number of azo groups is 1. The molecule has 0 atom stereocenters. The van der Waals surface area contributed by atoms with E-state index in [1.165, 1.54) is 12.1 Å². The van der Waals surface area contributed by atoms with Crippen LogP contribution in [0.3, 0.4) is 0 Å². The number of hydrogen-bond acceptors (Lipinski definition) is 4. The fraction of sp³-hybridized carbons (Fsp3) is 0.154. The molecule has 0 fully saturated rings. The maximum absolute atomic E-state index is 12.4. The molecule has 0 saturated heterocycles. The minimum atomic E-state index is -4.44. The molecule has 0 radical (unpaired) electrons. The van der Waals surface area contributed by atoms with Crippen molar-refractivity contribution in [3.63, 3.8) is 0 Å². The van der Waals surface area contributed by atoms with E-state index >= 15 is 0 Å². The molecule has 1 heterocycles. The van der Waals surface area contributed by atoms with Gasteiger partial charge in [0.25, 0.3) is 0 Å². The highest BCUT2D eigenvalue weighted by Gasteiger charge is 2.30. The Kier molecular flexibility index (Phi) is 5.02. The molecular formula is C13H8BrClF3N3O. The van der Waals surface area contributed by atoms with Crippen molar-refractivity contribution in [1.29, 1.82) is 0 Å². The lowest BCUT2D eigenvalue weighted by atomic mass is 10.2. The number of aromatic hydroxyl groups is 1. The lowest BCUT2D eigenvalue weighted by Crippen LogP contribution is -2.04. The van der Waals surface area contributed by atoms with Crippen molar-refractivity contribution >= 4 is 33.3 Å². The smallest absolute Gasteiger partial charge is 0.417 e. The van der Waals surface area contributed by atoms with Crippen molar-refractivity contribution in [2.24, 2.45) is 10.2 Å². The van der Waals surface area contributed by atoms with E-state index in [1.54, 1.807) is 0 Å². The zero-order valence-corrected chi connectivity index (χ0v) is 13.1. The largest absolute Gasteiger partial charge is 0.506 e. The Labute approximate surface area is 136 Å². The molecule has 0 amide bonds. The summed E-state index contributed by atoms with van der Waals surface area (Å²) in [6.07, 6.45) is -3.76. The topological polar surface area (TPSA) is 57.8 Å². The van der Waals surface area contributed by atoms with E-state index in [9.17, 15) is 18.3 Å². The molecule has 1 aromatic carbocycles. The van der Waals surface area contributed by atoms with Crippen molar-refractivity contribution in [2.45, 2.75) is 12.7 Å². The lowest BCUT2D eigenvalue weighted by Gasteiger charge is -2.05. The molecule has 1 N–H and O–H groups in total. The molecule has 0 aliphatic heterocycles. The van der Waals surface area contributed by atoms with E-state index in [1.807, 2.05) is 0 Å². The van der Waals surface area contributed by atoms with Crippen molar-refractivity contribution in [3.05, 3.63) is 51.1 Å². The van der Waals surface area contributed by atoms with Crippen LogP contribution in [0.4, 0.5) is 19.0 Å². The second-order valence-corrected chi connectivity index (χ2v) is 5.49. The average molecular weight is 395 g/mol. The summed E-state index contributed by atoms with van der Waals surface area (Å²) in [6.45, 7) is 0.00763. The molecule has 116 valence electrons. The van der Waals surface area contributed by atoms with Crippen LogP contribution in [0.15, 0.2) is 45.2 Å². The highest BCUT2D eigenvalue weighted by Crippen LogP contribution is 2.32. The van der Waals surface area contributed by atoms with Crippen LogP contribution >= 0.6 is 27.5 Å². The van der Waals surface area contributed by atoms with E-state index in [2.05, 4.69) is 31.1 Å². The summed E-state index contributed by atoms with van der Waals surface area (Å²) >= 11 is 8.98. The third-order valence-electron chi connectivity index (χ3n) is 2.60. The molecule has 0 saturated carbocycles. The first-order valence-corrected chi connectivity index (χ1v) is 7.02. The van der Waals surface area contributed by atoms with Crippen LogP contribution in [0.25, 0.3) is 0 Å². The van der Waals surface area contributed by atoms with Crippen molar-refractivity contribution in [3.8, 4) is 5.75 Å². The van der Waals surface area contributed by atoms with Gasteiger partial charge < -0.3 is 5.11 Å². The third-order valence-corrected chi connectivity index (χ3v) is 3.42. The molecule has 22 heavy (non-hydrogen) atoms. The molecule has 0 aliphatic rings. The maximum Gasteiger partial charge on any atom is 0.417 e. The van der Waals surface area contributed by atoms with Gasteiger partial charge in [-0.15, -0.1) is 5.11 Å². The summed E-state index contributed by atoms with van der Waals surface area (Å²) in [5.41, 5.74) is -0.432. The van der Waals surface area contributed by atoms with Crippen LogP contribution in [-0.2, 0) is 12.7 Å². The first-order valence-electron chi connectivity index (χ1n) is 5.85. The molecule has 0 spiro atoms. The molecular weight excluding hydrogens is 387 g/mol. The Balaban J connectivity index is 2.10. The summed E-state index contributed by atoms with van der Waals surface area (Å²) in [5.74, 6) is 0.0114. The number of hydrogen-bond donors (Lipinski definition) is 1. The molecule has 2 rings (SSSR count). The van der Waals surface area contributed by atoms with E-state index < -0.39 is 11.7 Å². The fourth-order valence-electron chi connectivity index (χ4n) is 1.54. The van der Waals surface area contributed by atoms with Gasteiger partial charge in [-0.2, -0.15) is 18.3 Å². The van der Waals surface area contributed by atoms with Gasteiger partial charge in [-0.1, -0.05) is 11.6 Å². The van der Waals surface area contributed by atoms with E-state index in [0.29, 0.717) is 21.3 Å². The predicted molar refractivity (Wildman–Crippen MR) is 78.3 cm³/mol. The third kappa shape index (κ3) is 4.17. The highest BCUT2D eigenvalue weighted by molar-refractivity contribution is 9.10. The second kappa shape index (κ2) is 6.62. The average Bonchev–Trinajstić information content (AvgIpc) is 2.43. The number of alkyl halides is 3. The number of phenolic OH excluding ortho intramolecular Hbond substituents is 1. The van der Waals surface area contributed by atoms with Crippen molar-refractivity contribution < 1.29 is 18.3 Å². The second-order valence-electron chi connectivity index (χ2n) is 4.20. The van der Waals surface area contributed by atoms with E-state index in [0.717, 1.165) is 12.1 Å². The monoisotopic (exact) mass is 393 g/mol. The first kappa shape index (κ1) is 16.7. The Hall–Kier alpha value is -1.67. The van der Waals surface area contributed by atoms with Crippen molar-refractivity contribution in [1.82, 2.24) is 4.98 Å².